The van der Waals surface area contributed by atoms with Crippen molar-refractivity contribution in [1.29, 1.82) is 5.41 Å². The lowest BCUT2D eigenvalue weighted by atomic mass is 9.93. The van der Waals surface area contributed by atoms with Gasteiger partial charge in [0, 0.05) is 52.7 Å². The Morgan fingerprint density at radius 1 is 1.14 bits per heavy atom. The number of fused-ring (bicyclic) bond motifs is 1. The number of carboxylic acids is 1. The van der Waals surface area contributed by atoms with E-state index in [1.165, 1.54) is 31.5 Å². The van der Waals surface area contributed by atoms with E-state index in [1.807, 2.05) is 37.3 Å². The van der Waals surface area contributed by atoms with Crippen molar-refractivity contribution in [3.8, 4) is 5.75 Å². The number of aliphatic imine (C=N–C) groups is 1. The Labute approximate surface area is 295 Å². The van der Waals surface area contributed by atoms with Crippen LogP contribution in [0.15, 0.2) is 101 Å². The van der Waals surface area contributed by atoms with E-state index in [4.69, 9.17) is 10.1 Å². The number of anilines is 1. The zero-order chi connectivity index (χ0) is 36.5. The number of Topliss-reactive ketones (excluding diaryl/α,β-unsaturated/α-hetero) is 1. The van der Waals surface area contributed by atoms with Crippen LogP contribution in [0.25, 0.3) is 5.57 Å². The highest BCUT2D eigenvalue weighted by Crippen LogP contribution is 2.36. The molecule has 1 atom stereocenters. The van der Waals surface area contributed by atoms with Gasteiger partial charge in [-0.1, -0.05) is 43.4 Å². The molecule has 3 aliphatic rings. The van der Waals surface area contributed by atoms with Crippen LogP contribution in [0.1, 0.15) is 66.9 Å². The number of hydrogen-bond donors (Lipinski definition) is 4. The first-order valence-corrected chi connectivity index (χ1v) is 16.8. The summed E-state index contributed by atoms with van der Waals surface area (Å²) in [5, 5.41) is 24.0. The number of aliphatic carboxylic acids is 1. The molecule has 0 bridgehead atoms. The molecule has 0 radical (unpaired) electrons. The van der Waals surface area contributed by atoms with Crippen LogP contribution in [0.5, 0.6) is 5.75 Å². The van der Waals surface area contributed by atoms with Crippen molar-refractivity contribution in [3.05, 3.63) is 124 Å². The number of methoxy groups -OCH3 is 1. The van der Waals surface area contributed by atoms with E-state index >= 15 is 4.39 Å². The van der Waals surface area contributed by atoms with Gasteiger partial charge in [-0.2, -0.15) is 4.39 Å². The third kappa shape index (κ3) is 8.79. The fraction of sp³-hybridized carbons (Fsp3) is 0.275. The predicted molar refractivity (Wildman–Crippen MR) is 194 cm³/mol. The number of halogens is 2. The Balaban J connectivity index is 1.20. The van der Waals surface area contributed by atoms with Gasteiger partial charge in [0.1, 0.15) is 6.04 Å². The summed E-state index contributed by atoms with van der Waals surface area (Å²) in [7, 11) is 1.28. The molecule has 2 aromatic rings. The smallest absolute Gasteiger partial charge is 0.321 e. The second kappa shape index (κ2) is 16.9. The Kier molecular flexibility index (Phi) is 12.2. The molecule has 0 spiro atoms. The second-order valence-electron chi connectivity index (χ2n) is 12.3. The molecule has 0 saturated heterocycles. The lowest BCUT2D eigenvalue weighted by Gasteiger charge is -2.18. The second-order valence-corrected chi connectivity index (χ2v) is 12.3. The minimum absolute atomic E-state index is 0.0575. The van der Waals surface area contributed by atoms with Crippen molar-refractivity contribution >= 4 is 40.2 Å². The van der Waals surface area contributed by atoms with Crippen LogP contribution >= 0.6 is 0 Å². The molecule has 1 aliphatic carbocycles. The normalized spacial score (nSPS) is 19.8. The Hall–Kier alpha value is -5.55. The molecule has 0 unspecified atom stereocenters. The van der Waals surface area contributed by atoms with Crippen molar-refractivity contribution in [1.82, 2.24) is 5.32 Å². The van der Waals surface area contributed by atoms with Gasteiger partial charge in [-0.3, -0.25) is 19.4 Å². The number of nitrogens with zero attached hydrogens (tertiary/aromatic N) is 1. The van der Waals surface area contributed by atoms with Gasteiger partial charge in [0.2, 0.25) is 5.82 Å². The number of ketones is 2. The first-order chi connectivity index (χ1) is 24.6. The number of benzene rings is 2. The molecular formula is C40H40F2N4O5. The molecule has 2 aromatic carbocycles. The fourth-order valence-electron chi connectivity index (χ4n) is 6.11. The molecule has 4 N–H and O–H groups in total. The van der Waals surface area contributed by atoms with Crippen LogP contribution in [0.3, 0.4) is 0 Å². The van der Waals surface area contributed by atoms with Crippen LogP contribution in [-0.4, -0.2) is 53.8 Å². The summed E-state index contributed by atoms with van der Waals surface area (Å²) in [6.45, 7) is 2.44. The molecule has 0 fully saturated rings. The standard InChI is InChI=1S/C40H40F2N4O5/c1-3-24-20-27(46-32-13-6-4-5-12-30-31(23-45-39(30)32)29-17-18-36(51-2)38(42)37(29)41)15-16-28(24)35(48)22-26(43)11-7-8-14-34(47)25-10-9-19-44-33(21-25)40(49)50/h4-5,8,10,12-18,20,23,33,43-44,46H,3,6-7,9,11,19,21-22H2,1-2H3,(H,49,50)/b5-4-,14-8+,30-12-,32-13-,43-26?/t33-/m1/s1. The SMILES string of the molecule is CCc1cc(N/C2=C\C/C=C\C=C3\C(c4ccc(OC)c(F)c4F)=CN=C23)ccc1C(=O)CC(=N)CC/C=C/C(=O)C1=CCCN[C@@H](C(=O)O)C1. The summed E-state index contributed by atoms with van der Waals surface area (Å²) in [4.78, 5) is 41.9. The molecule has 11 heteroatoms. The summed E-state index contributed by atoms with van der Waals surface area (Å²) in [5.74, 6) is -3.69. The minimum atomic E-state index is -1.07. The zero-order valence-corrected chi connectivity index (χ0v) is 28.5. The maximum atomic E-state index is 15.1. The van der Waals surface area contributed by atoms with Gasteiger partial charge >= 0.3 is 5.97 Å². The number of carbonyl (C=O) groups excluding carboxylic acids is 2. The van der Waals surface area contributed by atoms with Crippen molar-refractivity contribution in [2.45, 2.75) is 57.9 Å². The quantitative estimate of drug-likeness (QED) is 0.0913. The highest BCUT2D eigenvalue weighted by atomic mass is 19.2. The number of hydrogen-bond acceptors (Lipinski definition) is 8. The first kappa shape index (κ1) is 36.7. The molecule has 0 amide bonds. The fourth-order valence-corrected chi connectivity index (χ4v) is 6.11. The molecule has 2 aliphatic heterocycles. The molecule has 9 nitrogen and oxygen atoms in total. The van der Waals surface area contributed by atoms with E-state index in [0.29, 0.717) is 72.3 Å². The summed E-state index contributed by atoms with van der Waals surface area (Å²) in [6.07, 6.45) is 16.4. The highest BCUT2D eigenvalue weighted by molar-refractivity contribution is 6.25. The molecule has 5 rings (SSSR count). The van der Waals surface area contributed by atoms with Crippen LogP contribution in [0, 0.1) is 17.0 Å². The molecule has 0 aromatic heterocycles. The summed E-state index contributed by atoms with van der Waals surface area (Å²) in [6, 6.07) is 7.47. The van der Waals surface area contributed by atoms with Gasteiger partial charge in [-0.15, -0.1) is 0 Å². The predicted octanol–water partition coefficient (Wildman–Crippen LogP) is 7.47. The van der Waals surface area contributed by atoms with Crippen LogP contribution < -0.4 is 15.4 Å². The molecule has 264 valence electrons. The topological polar surface area (TPSA) is 141 Å². The van der Waals surface area contributed by atoms with E-state index in [-0.39, 0.29) is 41.4 Å². The Morgan fingerprint density at radius 3 is 2.73 bits per heavy atom. The molecule has 51 heavy (non-hydrogen) atoms. The lowest BCUT2D eigenvalue weighted by Crippen LogP contribution is -2.36. The third-order valence-electron chi connectivity index (χ3n) is 8.82. The molecule has 0 saturated carbocycles. The molecular weight excluding hydrogens is 654 g/mol. The van der Waals surface area contributed by atoms with E-state index < -0.39 is 23.6 Å². The molecule has 2 heterocycles. The maximum absolute atomic E-state index is 15.1. The first-order valence-electron chi connectivity index (χ1n) is 16.8. The van der Waals surface area contributed by atoms with Crippen LogP contribution in [0.4, 0.5) is 14.5 Å². The van der Waals surface area contributed by atoms with Gasteiger partial charge < -0.3 is 25.9 Å². The van der Waals surface area contributed by atoms with E-state index in [1.54, 1.807) is 24.3 Å². The number of carbonyl (C=O) groups is 3. The monoisotopic (exact) mass is 694 g/mol. The van der Waals surface area contributed by atoms with Crippen molar-refractivity contribution in [2.24, 2.45) is 4.99 Å². The van der Waals surface area contributed by atoms with Gasteiger partial charge in [-0.25, -0.2) is 4.39 Å². The lowest BCUT2D eigenvalue weighted by molar-refractivity contribution is -0.139. The van der Waals surface area contributed by atoms with Gasteiger partial charge in [0.05, 0.1) is 18.5 Å². The van der Waals surface area contributed by atoms with Crippen molar-refractivity contribution < 1.29 is 33.0 Å². The van der Waals surface area contributed by atoms with Gasteiger partial charge in [0.15, 0.2) is 23.1 Å². The average molecular weight is 695 g/mol. The summed E-state index contributed by atoms with van der Waals surface area (Å²) < 4.78 is 34.6. The largest absolute Gasteiger partial charge is 0.494 e. The van der Waals surface area contributed by atoms with Gasteiger partial charge in [0.25, 0.3) is 0 Å². The highest BCUT2D eigenvalue weighted by Gasteiger charge is 2.27. The van der Waals surface area contributed by atoms with E-state index in [2.05, 4.69) is 15.6 Å². The van der Waals surface area contributed by atoms with Crippen molar-refractivity contribution in [3.63, 3.8) is 0 Å². The van der Waals surface area contributed by atoms with Crippen LogP contribution in [-0.2, 0) is 16.0 Å². The third-order valence-corrected chi connectivity index (χ3v) is 8.82. The van der Waals surface area contributed by atoms with E-state index in [9.17, 15) is 23.9 Å². The number of aryl methyl sites for hydroxylation is 1. The van der Waals surface area contributed by atoms with Gasteiger partial charge in [-0.05, 0) is 86.2 Å². The maximum Gasteiger partial charge on any atom is 0.321 e. The number of allylic oxidation sites excluding steroid dienone is 8. The number of carboxylic acid groups (broad SMARTS) is 1. The minimum Gasteiger partial charge on any atom is -0.494 e. The number of rotatable bonds is 14. The average Bonchev–Trinajstić information content (AvgIpc) is 3.33. The Bertz CT molecular complexity index is 1970. The number of ether oxygens (including phenoxy) is 1. The number of nitrogens with one attached hydrogen (secondary N) is 3. The zero-order valence-electron chi connectivity index (χ0n) is 28.5. The van der Waals surface area contributed by atoms with E-state index in [0.717, 1.165) is 11.3 Å². The Morgan fingerprint density at radius 2 is 1.96 bits per heavy atom. The van der Waals surface area contributed by atoms with Crippen molar-refractivity contribution in [2.75, 3.05) is 19.0 Å². The summed E-state index contributed by atoms with van der Waals surface area (Å²) in [5.41, 5.74) is 5.12. The van der Waals surface area contributed by atoms with Crippen LogP contribution in [0.2, 0.25) is 0 Å². The summed E-state index contributed by atoms with van der Waals surface area (Å²) >= 11 is 0.